The Labute approximate surface area is 128 Å². The highest BCUT2D eigenvalue weighted by Crippen LogP contribution is 2.08. The molecule has 1 heterocycles. The fourth-order valence-corrected chi connectivity index (χ4v) is 2.05. The van der Waals surface area contributed by atoms with Crippen molar-refractivity contribution in [2.75, 3.05) is 29.5 Å². The lowest BCUT2D eigenvalue weighted by molar-refractivity contribution is 0.681. The number of hydrogen-bond acceptors (Lipinski definition) is 6. The van der Waals surface area contributed by atoms with E-state index in [4.69, 9.17) is 5.73 Å². The van der Waals surface area contributed by atoms with Crippen LogP contribution in [0.5, 0.6) is 0 Å². The number of rotatable bonds is 12. The highest BCUT2D eigenvalue weighted by molar-refractivity contribution is 5.39. The van der Waals surface area contributed by atoms with E-state index in [0.717, 1.165) is 25.9 Å². The highest BCUT2D eigenvalue weighted by atomic mass is 15.2. The molecule has 4 N–H and O–H groups in total. The lowest BCUT2D eigenvalue weighted by Gasteiger charge is -2.08. The van der Waals surface area contributed by atoms with E-state index in [1.54, 1.807) is 0 Å². The smallest absolute Gasteiger partial charge is 0.229 e. The van der Waals surface area contributed by atoms with Gasteiger partial charge in [0, 0.05) is 13.1 Å². The Hall–Kier alpha value is -1.59. The van der Waals surface area contributed by atoms with Crippen molar-refractivity contribution in [2.24, 2.45) is 0 Å². The van der Waals surface area contributed by atoms with Gasteiger partial charge in [0.15, 0.2) is 0 Å². The monoisotopic (exact) mass is 294 g/mol. The van der Waals surface area contributed by atoms with Crippen molar-refractivity contribution in [1.82, 2.24) is 15.0 Å². The summed E-state index contributed by atoms with van der Waals surface area (Å²) in [4.78, 5) is 12.6. The first-order valence-electron chi connectivity index (χ1n) is 8.25. The third-order valence-corrected chi connectivity index (χ3v) is 3.28. The zero-order valence-electron chi connectivity index (χ0n) is 13.5. The van der Waals surface area contributed by atoms with E-state index in [1.165, 1.54) is 38.5 Å². The molecule has 0 aliphatic carbocycles. The van der Waals surface area contributed by atoms with Crippen molar-refractivity contribution in [2.45, 2.75) is 65.2 Å². The number of hydrogen-bond donors (Lipinski definition) is 3. The lowest BCUT2D eigenvalue weighted by Crippen LogP contribution is -2.12. The van der Waals surface area contributed by atoms with Gasteiger partial charge in [-0.3, -0.25) is 0 Å². The molecule has 6 nitrogen and oxygen atoms in total. The van der Waals surface area contributed by atoms with Crippen molar-refractivity contribution >= 4 is 17.8 Å². The van der Waals surface area contributed by atoms with Crippen LogP contribution in [0, 0.1) is 0 Å². The Balaban J connectivity index is 2.32. The van der Waals surface area contributed by atoms with Gasteiger partial charge in [0.25, 0.3) is 0 Å². The minimum Gasteiger partial charge on any atom is -0.368 e. The van der Waals surface area contributed by atoms with Gasteiger partial charge in [0.05, 0.1) is 0 Å². The fourth-order valence-electron chi connectivity index (χ4n) is 2.05. The second kappa shape index (κ2) is 11.1. The van der Waals surface area contributed by atoms with Crippen LogP contribution in [0.25, 0.3) is 0 Å². The maximum atomic E-state index is 5.72. The molecule has 1 aromatic heterocycles. The second-order valence-corrected chi connectivity index (χ2v) is 5.32. The van der Waals surface area contributed by atoms with Gasteiger partial charge in [-0.15, -0.1) is 0 Å². The van der Waals surface area contributed by atoms with Crippen LogP contribution in [-0.2, 0) is 0 Å². The fraction of sp³-hybridized carbons (Fsp3) is 0.800. The van der Waals surface area contributed by atoms with Gasteiger partial charge in [0.1, 0.15) is 0 Å². The topological polar surface area (TPSA) is 88.8 Å². The predicted octanol–water partition coefficient (Wildman–Crippen LogP) is 3.44. The minimum absolute atomic E-state index is 0.261. The molecule has 0 atom stereocenters. The van der Waals surface area contributed by atoms with Crippen LogP contribution in [0.3, 0.4) is 0 Å². The Kier molecular flexibility index (Phi) is 9.24. The van der Waals surface area contributed by atoms with Gasteiger partial charge in [-0.1, -0.05) is 52.4 Å². The van der Waals surface area contributed by atoms with E-state index < -0.39 is 0 Å². The van der Waals surface area contributed by atoms with E-state index in [2.05, 4.69) is 39.4 Å². The van der Waals surface area contributed by atoms with Crippen molar-refractivity contribution < 1.29 is 0 Å². The molecule has 0 aliphatic heterocycles. The summed E-state index contributed by atoms with van der Waals surface area (Å²) in [6.07, 6.45) is 9.73. The highest BCUT2D eigenvalue weighted by Gasteiger charge is 2.03. The van der Waals surface area contributed by atoms with Crippen LogP contribution in [0.2, 0.25) is 0 Å². The summed E-state index contributed by atoms with van der Waals surface area (Å²) >= 11 is 0. The minimum atomic E-state index is 0.261. The predicted molar refractivity (Wildman–Crippen MR) is 89.5 cm³/mol. The van der Waals surface area contributed by atoms with Gasteiger partial charge in [0.2, 0.25) is 17.8 Å². The third kappa shape index (κ3) is 8.32. The standard InChI is InChI=1S/C15H30N6/c1-3-5-7-9-11-17-14-19-13(16)20-15(21-14)18-12-10-8-6-4-2/h3-12H2,1-2H3,(H4,16,17,18,19,20,21). The van der Waals surface area contributed by atoms with Crippen molar-refractivity contribution in [3.05, 3.63) is 0 Å². The van der Waals surface area contributed by atoms with Gasteiger partial charge in [-0.2, -0.15) is 15.0 Å². The number of aromatic nitrogens is 3. The molecule has 21 heavy (non-hydrogen) atoms. The molecule has 0 aliphatic rings. The SMILES string of the molecule is CCCCCCNc1nc(N)nc(NCCCCCC)n1. The van der Waals surface area contributed by atoms with Crippen LogP contribution in [0.4, 0.5) is 17.8 Å². The van der Waals surface area contributed by atoms with Crippen molar-refractivity contribution in [3.8, 4) is 0 Å². The lowest BCUT2D eigenvalue weighted by atomic mass is 10.2. The Bertz CT molecular complexity index is 350. The van der Waals surface area contributed by atoms with Gasteiger partial charge in [-0.05, 0) is 12.8 Å². The number of unbranched alkanes of at least 4 members (excludes halogenated alkanes) is 6. The molecule has 0 saturated heterocycles. The Morgan fingerprint density at radius 1 is 0.714 bits per heavy atom. The molecule has 0 fully saturated rings. The van der Waals surface area contributed by atoms with Crippen LogP contribution >= 0.6 is 0 Å². The maximum absolute atomic E-state index is 5.72. The molecule has 120 valence electrons. The molecule has 1 rings (SSSR count). The van der Waals surface area contributed by atoms with E-state index >= 15 is 0 Å². The molecule has 0 saturated carbocycles. The number of nitrogens with zero attached hydrogens (tertiary/aromatic N) is 3. The van der Waals surface area contributed by atoms with Crippen LogP contribution in [0.1, 0.15) is 65.2 Å². The summed E-state index contributed by atoms with van der Waals surface area (Å²) in [5.41, 5.74) is 5.72. The number of nitrogens with two attached hydrogens (primary N) is 1. The quantitative estimate of drug-likeness (QED) is 0.512. The number of nitrogens with one attached hydrogen (secondary N) is 2. The summed E-state index contributed by atoms with van der Waals surface area (Å²) in [5, 5.41) is 6.43. The van der Waals surface area contributed by atoms with E-state index in [0.29, 0.717) is 11.9 Å². The molecule has 1 aromatic rings. The Morgan fingerprint density at radius 3 is 1.62 bits per heavy atom. The second-order valence-electron chi connectivity index (χ2n) is 5.32. The number of anilines is 3. The van der Waals surface area contributed by atoms with Gasteiger partial charge < -0.3 is 16.4 Å². The summed E-state index contributed by atoms with van der Waals surface area (Å²) < 4.78 is 0. The summed E-state index contributed by atoms with van der Waals surface area (Å²) in [7, 11) is 0. The molecular weight excluding hydrogens is 264 g/mol. The molecule has 0 spiro atoms. The summed E-state index contributed by atoms with van der Waals surface area (Å²) in [6, 6.07) is 0. The first kappa shape index (κ1) is 17.5. The molecule has 0 unspecified atom stereocenters. The average molecular weight is 294 g/mol. The van der Waals surface area contributed by atoms with Gasteiger partial charge in [-0.25, -0.2) is 0 Å². The largest absolute Gasteiger partial charge is 0.368 e. The first-order chi connectivity index (χ1) is 10.3. The molecule has 0 bridgehead atoms. The van der Waals surface area contributed by atoms with Crippen LogP contribution < -0.4 is 16.4 Å². The summed E-state index contributed by atoms with van der Waals surface area (Å²) in [6.45, 7) is 6.16. The normalized spacial score (nSPS) is 10.6. The van der Waals surface area contributed by atoms with Crippen LogP contribution in [0.15, 0.2) is 0 Å². The third-order valence-electron chi connectivity index (χ3n) is 3.28. The average Bonchev–Trinajstić information content (AvgIpc) is 2.46. The molecule has 0 amide bonds. The maximum Gasteiger partial charge on any atom is 0.229 e. The summed E-state index contributed by atoms with van der Waals surface area (Å²) in [5.74, 6) is 1.39. The Morgan fingerprint density at radius 2 is 1.19 bits per heavy atom. The van der Waals surface area contributed by atoms with Crippen LogP contribution in [-0.4, -0.2) is 28.0 Å². The number of nitrogen functional groups attached to an aromatic ring is 1. The molecule has 6 heteroatoms. The van der Waals surface area contributed by atoms with Gasteiger partial charge >= 0.3 is 0 Å². The van der Waals surface area contributed by atoms with E-state index in [1.807, 2.05) is 0 Å². The first-order valence-corrected chi connectivity index (χ1v) is 8.25. The van der Waals surface area contributed by atoms with E-state index in [-0.39, 0.29) is 5.95 Å². The zero-order valence-corrected chi connectivity index (χ0v) is 13.5. The molecular formula is C15H30N6. The van der Waals surface area contributed by atoms with Crippen molar-refractivity contribution in [1.29, 1.82) is 0 Å². The molecule has 0 radical (unpaired) electrons. The van der Waals surface area contributed by atoms with E-state index in [9.17, 15) is 0 Å². The zero-order chi connectivity index (χ0) is 15.3. The van der Waals surface area contributed by atoms with Crippen molar-refractivity contribution in [3.63, 3.8) is 0 Å². The molecule has 0 aromatic carbocycles.